The number of rotatable bonds is 2. The maximum absolute atomic E-state index is 12.1. The summed E-state index contributed by atoms with van der Waals surface area (Å²) in [5, 5.41) is 12.3. The summed E-state index contributed by atoms with van der Waals surface area (Å²) in [5.41, 5.74) is 1.07. The molecule has 1 aliphatic rings. The van der Waals surface area contributed by atoms with Gasteiger partial charge in [0.25, 0.3) is 5.91 Å². The predicted molar refractivity (Wildman–Crippen MR) is 69.5 cm³/mol. The van der Waals surface area contributed by atoms with Gasteiger partial charge in [-0.1, -0.05) is 30.3 Å². The average molecular weight is 241 g/mol. The van der Waals surface area contributed by atoms with Crippen LogP contribution < -0.4 is 5.32 Å². The highest BCUT2D eigenvalue weighted by atomic mass is 16.2. The SMILES string of the molecule is N#CC(=Cc1ccccc1)C(=O)N1CCNCC1. The van der Waals surface area contributed by atoms with Crippen molar-refractivity contribution in [2.45, 2.75) is 0 Å². The summed E-state index contributed by atoms with van der Waals surface area (Å²) in [4.78, 5) is 13.9. The lowest BCUT2D eigenvalue weighted by molar-refractivity contribution is -0.127. The summed E-state index contributed by atoms with van der Waals surface area (Å²) in [6.07, 6.45) is 1.64. The summed E-state index contributed by atoms with van der Waals surface area (Å²) >= 11 is 0. The fraction of sp³-hybridized carbons (Fsp3) is 0.286. The van der Waals surface area contributed by atoms with Gasteiger partial charge in [-0.15, -0.1) is 0 Å². The Bertz CT molecular complexity index is 482. The van der Waals surface area contributed by atoms with Crippen molar-refractivity contribution in [2.24, 2.45) is 0 Å². The third kappa shape index (κ3) is 2.96. The van der Waals surface area contributed by atoms with Crippen LogP contribution in [0.25, 0.3) is 6.08 Å². The second-order valence-corrected chi connectivity index (χ2v) is 4.12. The van der Waals surface area contributed by atoms with Crippen molar-refractivity contribution in [3.8, 4) is 6.07 Å². The molecule has 1 amide bonds. The van der Waals surface area contributed by atoms with Gasteiger partial charge in [0, 0.05) is 26.2 Å². The maximum atomic E-state index is 12.1. The predicted octanol–water partition coefficient (Wildman–Crippen LogP) is 1.03. The van der Waals surface area contributed by atoms with E-state index >= 15 is 0 Å². The number of benzene rings is 1. The molecule has 1 fully saturated rings. The molecule has 18 heavy (non-hydrogen) atoms. The minimum absolute atomic E-state index is 0.178. The molecule has 1 aliphatic heterocycles. The lowest BCUT2D eigenvalue weighted by atomic mass is 10.1. The molecule has 0 bridgehead atoms. The molecule has 1 saturated heterocycles. The smallest absolute Gasteiger partial charge is 0.264 e. The highest BCUT2D eigenvalue weighted by Crippen LogP contribution is 2.09. The number of nitrogens with one attached hydrogen (secondary N) is 1. The lowest BCUT2D eigenvalue weighted by Gasteiger charge is -2.27. The van der Waals surface area contributed by atoms with Crippen molar-refractivity contribution in [1.82, 2.24) is 10.2 Å². The van der Waals surface area contributed by atoms with Crippen molar-refractivity contribution in [1.29, 1.82) is 5.26 Å². The van der Waals surface area contributed by atoms with E-state index < -0.39 is 0 Å². The third-order valence-electron chi connectivity index (χ3n) is 2.87. The first-order valence-corrected chi connectivity index (χ1v) is 5.98. The Labute approximate surface area is 107 Å². The fourth-order valence-electron chi connectivity index (χ4n) is 1.90. The van der Waals surface area contributed by atoms with Crippen LogP contribution in [0, 0.1) is 11.3 Å². The van der Waals surface area contributed by atoms with Crippen molar-refractivity contribution in [3.63, 3.8) is 0 Å². The number of nitrogens with zero attached hydrogens (tertiary/aromatic N) is 2. The number of nitriles is 1. The van der Waals surface area contributed by atoms with Crippen molar-refractivity contribution in [2.75, 3.05) is 26.2 Å². The Morgan fingerprint density at radius 1 is 1.28 bits per heavy atom. The molecule has 92 valence electrons. The molecule has 1 N–H and O–H groups in total. The van der Waals surface area contributed by atoms with E-state index in [2.05, 4.69) is 5.32 Å². The van der Waals surface area contributed by atoms with Crippen LogP contribution in [0.15, 0.2) is 35.9 Å². The van der Waals surface area contributed by atoms with Crippen LogP contribution in [0.3, 0.4) is 0 Å². The molecular weight excluding hydrogens is 226 g/mol. The van der Waals surface area contributed by atoms with Gasteiger partial charge in [0.05, 0.1) is 0 Å². The van der Waals surface area contributed by atoms with Crippen molar-refractivity contribution < 1.29 is 4.79 Å². The molecule has 4 nitrogen and oxygen atoms in total. The molecule has 1 heterocycles. The molecule has 0 aliphatic carbocycles. The quantitative estimate of drug-likeness (QED) is 0.621. The molecule has 0 unspecified atom stereocenters. The Hall–Kier alpha value is -2.12. The van der Waals surface area contributed by atoms with Gasteiger partial charge in [0.1, 0.15) is 11.6 Å². The van der Waals surface area contributed by atoms with Crippen LogP contribution in [0.2, 0.25) is 0 Å². The Morgan fingerprint density at radius 2 is 1.94 bits per heavy atom. The summed E-state index contributed by atoms with van der Waals surface area (Å²) < 4.78 is 0. The third-order valence-corrected chi connectivity index (χ3v) is 2.87. The number of carbonyl (C=O) groups excluding carboxylic acids is 1. The number of hydrogen-bond acceptors (Lipinski definition) is 3. The zero-order valence-corrected chi connectivity index (χ0v) is 10.1. The van der Waals surface area contributed by atoms with Gasteiger partial charge in [0.2, 0.25) is 0 Å². The Kier molecular flexibility index (Phi) is 4.11. The Balaban J connectivity index is 2.16. The van der Waals surface area contributed by atoms with Crippen LogP contribution in [0.5, 0.6) is 0 Å². The number of amides is 1. The van der Waals surface area contributed by atoms with Gasteiger partial charge in [-0.2, -0.15) is 5.26 Å². The topological polar surface area (TPSA) is 56.1 Å². The van der Waals surface area contributed by atoms with E-state index in [9.17, 15) is 4.79 Å². The van der Waals surface area contributed by atoms with E-state index in [1.54, 1.807) is 11.0 Å². The van der Waals surface area contributed by atoms with E-state index in [0.29, 0.717) is 13.1 Å². The summed E-state index contributed by atoms with van der Waals surface area (Å²) in [5.74, 6) is -0.178. The normalized spacial score (nSPS) is 16.2. The first-order chi connectivity index (χ1) is 8.81. The standard InChI is InChI=1S/C14H15N3O/c15-11-13(10-12-4-2-1-3-5-12)14(18)17-8-6-16-7-9-17/h1-5,10,16H,6-9H2. The van der Waals surface area contributed by atoms with Gasteiger partial charge in [-0.25, -0.2) is 0 Å². The second kappa shape index (κ2) is 5.99. The highest BCUT2D eigenvalue weighted by Gasteiger charge is 2.19. The molecule has 0 atom stereocenters. The minimum Gasteiger partial charge on any atom is -0.335 e. The Morgan fingerprint density at radius 3 is 2.56 bits per heavy atom. The van der Waals surface area contributed by atoms with E-state index in [-0.39, 0.29) is 11.5 Å². The van der Waals surface area contributed by atoms with Crippen molar-refractivity contribution in [3.05, 3.63) is 41.5 Å². The number of piperazine rings is 1. The van der Waals surface area contributed by atoms with Crippen LogP contribution in [0.4, 0.5) is 0 Å². The van der Waals surface area contributed by atoms with E-state index in [4.69, 9.17) is 5.26 Å². The van der Waals surface area contributed by atoms with Crippen LogP contribution >= 0.6 is 0 Å². The van der Waals surface area contributed by atoms with Crippen LogP contribution in [-0.2, 0) is 4.79 Å². The van der Waals surface area contributed by atoms with Crippen LogP contribution in [0.1, 0.15) is 5.56 Å². The number of hydrogen-bond donors (Lipinski definition) is 1. The van der Waals surface area contributed by atoms with E-state index in [1.807, 2.05) is 36.4 Å². The zero-order chi connectivity index (χ0) is 12.8. The molecule has 1 aromatic carbocycles. The number of carbonyl (C=O) groups is 1. The largest absolute Gasteiger partial charge is 0.335 e. The first-order valence-electron chi connectivity index (χ1n) is 5.98. The first kappa shape index (κ1) is 12.3. The molecule has 0 aromatic heterocycles. The monoisotopic (exact) mass is 241 g/mol. The maximum Gasteiger partial charge on any atom is 0.264 e. The molecule has 2 rings (SSSR count). The minimum atomic E-state index is -0.178. The zero-order valence-electron chi connectivity index (χ0n) is 10.1. The van der Waals surface area contributed by atoms with Gasteiger partial charge < -0.3 is 10.2 Å². The van der Waals surface area contributed by atoms with Gasteiger partial charge in [0.15, 0.2) is 0 Å². The fourth-order valence-corrected chi connectivity index (χ4v) is 1.90. The van der Waals surface area contributed by atoms with E-state index in [0.717, 1.165) is 18.7 Å². The summed E-state index contributed by atoms with van der Waals surface area (Å²) in [7, 11) is 0. The van der Waals surface area contributed by atoms with Gasteiger partial charge in [-0.3, -0.25) is 4.79 Å². The highest BCUT2D eigenvalue weighted by molar-refractivity contribution is 6.01. The molecule has 0 radical (unpaired) electrons. The summed E-state index contributed by atoms with van der Waals surface area (Å²) in [6, 6.07) is 11.4. The summed E-state index contributed by atoms with van der Waals surface area (Å²) in [6.45, 7) is 2.89. The van der Waals surface area contributed by atoms with Gasteiger partial charge >= 0.3 is 0 Å². The molecule has 0 spiro atoms. The molecule has 4 heteroatoms. The molecule has 0 saturated carbocycles. The molecular formula is C14H15N3O. The lowest BCUT2D eigenvalue weighted by Crippen LogP contribution is -2.46. The second-order valence-electron chi connectivity index (χ2n) is 4.12. The van der Waals surface area contributed by atoms with Crippen LogP contribution in [-0.4, -0.2) is 37.0 Å². The van der Waals surface area contributed by atoms with Crippen molar-refractivity contribution >= 4 is 12.0 Å². The van der Waals surface area contributed by atoms with E-state index in [1.165, 1.54) is 0 Å². The average Bonchev–Trinajstić information content (AvgIpc) is 2.46. The molecule has 1 aromatic rings. The van der Waals surface area contributed by atoms with Gasteiger partial charge in [-0.05, 0) is 11.6 Å².